The van der Waals surface area contributed by atoms with E-state index in [4.69, 9.17) is 0 Å². The minimum Gasteiger partial charge on any atom is -0.323 e. The zero-order valence-electron chi connectivity index (χ0n) is 11.9. The van der Waals surface area contributed by atoms with Gasteiger partial charge in [0.2, 0.25) is 5.91 Å². The molecule has 1 atom stereocenters. The molecule has 1 aromatic heterocycles. The fourth-order valence-electron chi connectivity index (χ4n) is 1.86. The summed E-state index contributed by atoms with van der Waals surface area (Å²) in [4.78, 5) is 12.0. The molecule has 0 saturated heterocycles. The van der Waals surface area contributed by atoms with Gasteiger partial charge in [-0.05, 0) is 34.1 Å². The van der Waals surface area contributed by atoms with Gasteiger partial charge in [0.1, 0.15) is 5.82 Å². The summed E-state index contributed by atoms with van der Waals surface area (Å²) >= 11 is 3.21. The number of hydrogen-bond acceptors (Lipinski definition) is 2. The van der Waals surface area contributed by atoms with Gasteiger partial charge in [-0.2, -0.15) is 18.3 Å². The number of carbonyl (C=O) groups is 1. The minimum absolute atomic E-state index is 0.206. The molecule has 1 heterocycles. The highest BCUT2D eigenvalue weighted by molar-refractivity contribution is 9.10. The van der Waals surface area contributed by atoms with Gasteiger partial charge in [0.05, 0.1) is 34.4 Å². The molecule has 0 aliphatic heterocycles. The molecular formula is C14H12BrF4N3O. The number of amides is 1. The van der Waals surface area contributed by atoms with E-state index in [1.165, 1.54) is 10.9 Å². The highest BCUT2D eigenvalue weighted by Gasteiger charge is 2.31. The van der Waals surface area contributed by atoms with E-state index in [-0.39, 0.29) is 6.54 Å². The maximum atomic E-state index is 13.6. The van der Waals surface area contributed by atoms with Gasteiger partial charge in [0.25, 0.3) is 0 Å². The Labute approximate surface area is 137 Å². The van der Waals surface area contributed by atoms with E-state index in [1.807, 2.05) is 0 Å². The first-order chi connectivity index (χ1) is 10.7. The predicted molar refractivity (Wildman–Crippen MR) is 79.1 cm³/mol. The van der Waals surface area contributed by atoms with Crippen LogP contribution in [0.3, 0.4) is 0 Å². The minimum atomic E-state index is -4.61. The molecule has 4 nitrogen and oxygen atoms in total. The second-order valence-electron chi connectivity index (χ2n) is 4.96. The van der Waals surface area contributed by atoms with Crippen molar-refractivity contribution in [1.82, 2.24) is 9.78 Å². The van der Waals surface area contributed by atoms with Crippen LogP contribution < -0.4 is 5.32 Å². The Bertz CT molecular complexity index is 714. The van der Waals surface area contributed by atoms with Crippen LogP contribution in [-0.4, -0.2) is 15.7 Å². The topological polar surface area (TPSA) is 46.9 Å². The highest BCUT2D eigenvalue weighted by atomic mass is 79.9. The summed E-state index contributed by atoms with van der Waals surface area (Å²) in [6.45, 7) is 1.77. The van der Waals surface area contributed by atoms with Gasteiger partial charge >= 0.3 is 6.18 Å². The highest BCUT2D eigenvalue weighted by Crippen LogP contribution is 2.31. The van der Waals surface area contributed by atoms with E-state index in [9.17, 15) is 22.4 Å². The molecule has 124 valence electrons. The van der Waals surface area contributed by atoms with Gasteiger partial charge in [0.15, 0.2) is 0 Å². The molecule has 0 unspecified atom stereocenters. The summed E-state index contributed by atoms with van der Waals surface area (Å²) in [6, 6.07) is 1.87. The van der Waals surface area contributed by atoms with E-state index >= 15 is 0 Å². The largest absolute Gasteiger partial charge is 0.416 e. The Morgan fingerprint density at radius 2 is 2.13 bits per heavy atom. The molecule has 0 fully saturated rings. The third-order valence-electron chi connectivity index (χ3n) is 3.06. The Hall–Kier alpha value is -1.90. The van der Waals surface area contributed by atoms with Gasteiger partial charge < -0.3 is 5.32 Å². The van der Waals surface area contributed by atoms with Crippen LogP contribution in [-0.2, 0) is 17.5 Å². The zero-order valence-corrected chi connectivity index (χ0v) is 13.4. The number of anilines is 1. The van der Waals surface area contributed by atoms with E-state index < -0.39 is 35.1 Å². The van der Waals surface area contributed by atoms with Crippen LogP contribution in [0.4, 0.5) is 23.2 Å². The Balaban J connectivity index is 2.10. The van der Waals surface area contributed by atoms with Crippen molar-refractivity contribution in [1.29, 1.82) is 0 Å². The lowest BCUT2D eigenvalue weighted by Crippen LogP contribution is -2.25. The zero-order chi connectivity index (χ0) is 17.2. The SMILES string of the molecule is C[C@@H](Cn1cc(Br)cn1)C(=O)Nc1cc(C(F)(F)F)ccc1F. The van der Waals surface area contributed by atoms with Crippen molar-refractivity contribution >= 4 is 27.5 Å². The lowest BCUT2D eigenvalue weighted by molar-refractivity contribution is -0.137. The van der Waals surface area contributed by atoms with E-state index in [2.05, 4.69) is 26.3 Å². The molecule has 1 aromatic carbocycles. The van der Waals surface area contributed by atoms with Gasteiger partial charge in [-0.25, -0.2) is 4.39 Å². The van der Waals surface area contributed by atoms with Crippen molar-refractivity contribution in [2.75, 3.05) is 5.32 Å². The first-order valence-corrected chi connectivity index (χ1v) is 7.31. The summed E-state index contributed by atoms with van der Waals surface area (Å²) in [6.07, 6.45) is -1.42. The number of nitrogens with zero attached hydrogens (tertiary/aromatic N) is 2. The number of aromatic nitrogens is 2. The van der Waals surface area contributed by atoms with Crippen molar-refractivity contribution in [3.63, 3.8) is 0 Å². The van der Waals surface area contributed by atoms with Gasteiger partial charge in [-0.1, -0.05) is 6.92 Å². The summed E-state index contributed by atoms with van der Waals surface area (Å²) in [5.74, 6) is -2.15. The molecule has 1 N–H and O–H groups in total. The molecular weight excluding hydrogens is 382 g/mol. The average molecular weight is 394 g/mol. The second-order valence-corrected chi connectivity index (χ2v) is 5.88. The summed E-state index contributed by atoms with van der Waals surface area (Å²) < 4.78 is 53.7. The molecule has 0 aliphatic carbocycles. The number of halogens is 5. The van der Waals surface area contributed by atoms with Crippen LogP contribution in [0.25, 0.3) is 0 Å². The standard InChI is InChI=1S/C14H12BrF4N3O/c1-8(6-22-7-10(15)5-20-22)13(23)21-12-4-9(14(17,18)19)2-3-11(12)16/h2-5,7-8H,6H2,1H3,(H,21,23)/t8-/m0/s1. The van der Waals surface area contributed by atoms with Crippen molar-refractivity contribution < 1.29 is 22.4 Å². The van der Waals surface area contributed by atoms with Gasteiger partial charge in [0, 0.05) is 6.20 Å². The van der Waals surface area contributed by atoms with Crippen LogP contribution >= 0.6 is 15.9 Å². The molecule has 1 amide bonds. The Morgan fingerprint density at radius 3 is 2.70 bits per heavy atom. The summed E-state index contributed by atoms with van der Waals surface area (Å²) in [7, 11) is 0. The number of benzene rings is 1. The fraction of sp³-hybridized carbons (Fsp3) is 0.286. The molecule has 9 heteroatoms. The maximum absolute atomic E-state index is 13.6. The maximum Gasteiger partial charge on any atom is 0.416 e. The van der Waals surface area contributed by atoms with Gasteiger partial charge in [-0.15, -0.1) is 0 Å². The van der Waals surface area contributed by atoms with Crippen LogP contribution in [0.1, 0.15) is 12.5 Å². The Morgan fingerprint density at radius 1 is 1.43 bits per heavy atom. The predicted octanol–water partition coefficient (Wildman–Crippen LogP) is 4.08. The lowest BCUT2D eigenvalue weighted by Gasteiger charge is -2.14. The van der Waals surface area contributed by atoms with Crippen LogP contribution in [0, 0.1) is 11.7 Å². The molecule has 0 aliphatic rings. The number of rotatable bonds is 4. The molecule has 2 aromatic rings. The molecule has 23 heavy (non-hydrogen) atoms. The fourth-order valence-corrected chi connectivity index (χ4v) is 2.18. The molecule has 0 spiro atoms. The first kappa shape index (κ1) is 17.5. The second kappa shape index (κ2) is 6.69. The lowest BCUT2D eigenvalue weighted by atomic mass is 10.1. The van der Waals surface area contributed by atoms with Crippen molar-refractivity contribution in [3.8, 4) is 0 Å². The van der Waals surface area contributed by atoms with E-state index in [0.717, 1.165) is 4.47 Å². The number of nitrogens with one attached hydrogen (secondary N) is 1. The van der Waals surface area contributed by atoms with Crippen LogP contribution in [0.15, 0.2) is 35.1 Å². The Kier molecular flexibility index (Phi) is 5.08. The molecule has 2 rings (SSSR count). The van der Waals surface area contributed by atoms with Crippen molar-refractivity contribution in [2.45, 2.75) is 19.6 Å². The normalized spacial score (nSPS) is 13.0. The van der Waals surface area contributed by atoms with Gasteiger partial charge in [-0.3, -0.25) is 9.48 Å². The van der Waals surface area contributed by atoms with Crippen LogP contribution in [0.2, 0.25) is 0 Å². The third kappa shape index (κ3) is 4.54. The van der Waals surface area contributed by atoms with E-state index in [1.54, 1.807) is 13.1 Å². The average Bonchev–Trinajstić information content (AvgIpc) is 2.85. The first-order valence-electron chi connectivity index (χ1n) is 6.52. The smallest absolute Gasteiger partial charge is 0.323 e. The van der Waals surface area contributed by atoms with Crippen molar-refractivity contribution in [3.05, 3.63) is 46.4 Å². The number of hydrogen-bond donors (Lipinski definition) is 1. The molecule has 0 saturated carbocycles. The number of carbonyl (C=O) groups excluding carboxylic acids is 1. The third-order valence-corrected chi connectivity index (χ3v) is 3.47. The quantitative estimate of drug-likeness (QED) is 0.795. The summed E-state index contributed by atoms with van der Waals surface area (Å²) in [5.41, 5.74) is -1.53. The van der Waals surface area contributed by atoms with Crippen LogP contribution in [0.5, 0.6) is 0 Å². The van der Waals surface area contributed by atoms with E-state index in [0.29, 0.717) is 18.2 Å². The number of alkyl halides is 3. The molecule has 0 bridgehead atoms. The summed E-state index contributed by atoms with van der Waals surface area (Å²) in [5, 5.41) is 6.16. The monoisotopic (exact) mass is 393 g/mol. The molecule has 0 radical (unpaired) electrons. The van der Waals surface area contributed by atoms with Crippen molar-refractivity contribution in [2.24, 2.45) is 5.92 Å².